The maximum Gasteiger partial charge on any atom is 0.321 e. The van der Waals surface area contributed by atoms with Crippen molar-refractivity contribution in [2.75, 3.05) is 33.3 Å². The number of urea groups is 1. The van der Waals surface area contributed by atoms with Crippen molar-refractivity contribution in [3.05, 3.63) is 96.3 Å². The molecule has 3 amide bonds. The van der Waals surface area contributed by atoms with E-state index >= 15 is 0 Å². The van der Waals surface area contributed by atoms with Crippen molar-refractivity contribution >= 4 is 32.9 Å². The quantitative estimate of drug-likeness (QED) is 0.165. The molecule has 0 unspecified atom stereocenters. The van der Waals surface area contributed by atoms with Crippen LogP contribution in [-0.4, -0.2) is 91.0 Å². The molecule has 2 N–H and O–H groups in total. The van der Waals surface area contributed by atoms with E-state index < -0.39 is 34.1 Å². The predicted molar refractivity (Wildman–Crippen MR) is 192 cm³/mol. The minimum atomic E-state index is -4.00. The van der Waals surface area contributed by atoms with Gasteiger partial charge in [0.2, 0.25) is 15.9 Å². The van der Waals surface area contributed by atoms with Crippen molar-refractivity contribution < 1.29 is 32.3 Å². The van der Waals surface area contributed by atoms with Crippen molar-refractivity contribution in [2.45, 2.75) is 63.7 Å². The number of aliphatic hydroxyl groups excluding tert-OH is 1. The Bertz CT molecular complexity index is 1810. The number of sulfonamides is 1. The first-order chi connectivity index (χ1) is 23.9. The molecular weight excluding hydrogens is 657 g/mol. The number of methoxy groups -OCH3 is 1. The normalized spacial score (nSPS) is 15.7. The predicted octanol–water partition coefficient (Wildman–Crippen LogP) is 5.14. The fourth-order valence-electron chi connectivity index (χ4n) is 6.44. The molecule has 5 rings (SSSR count). The zero-order chi connectivity index (χ0) is 36.0. The van der Waals surface area contributed by atoms with Crippen molar-refractivity contribution in [2.24, 2.45) is 11.8 Å². The van der Waals surface area contributed by atoms with Crippen LogP contribution in [-0.2, 0) is 27.8 Å². The summed E-state index contributed by atoms with van der Waals surface area (Å²) in [4.78, 5) is 31.2. The summed E-state index contributed by atoms with van der Waals surface area (Å²) < 4.78 is 40.1. The number of amides is 3. The number of hydrogen-bond acceptors (Lipinski definition) is 7. The first-order valence-corrected chi connectivity index (χ1v) is 18.5. The lowest BCUT2D eigenvalue weighted by Crippen LogP contribution is -2.57. The Hall–Kier alpha value is -4.39. The fraction of sp³-hybridized carbons (Fsp3) is 0.421. The Labute approximate surface area is 294 Å². The largest absolute Gasteiger partial charge is 0.497 e. The maximum absolute atomic E-state index is 14.2. The second-order valence-electron chi connectivity index (χ2n) is 13.6. The average molecular weight is 705 g/mol. The van der Waals surface area contributed by atoms with Gasteiger partial charge in [0.15, 0.2) is 0 Å². The molecule has 12 heteroatoms. The standard InChI is InChI=1S/C38H48N4O7S/c1-26(2)23-41(50(46,47)32-17-15-30(48-5)16-18-32)25-34(43)33(21-28-11-7-6-8-12-28)39-37(44)36(27(3)4)42-20-19-40(38(42)45)24-31-22-29-13-9-10-14-35(29)49-31/h6-18,22,26-27,33-34,36,43H,19-21,23-25H2,1-5H3,(H,39,44)/t33-,34-,36-/m0/s1. The number of ether oxygens (including phenoxy) is 1. The molecule has 50 heavy (non-hydrogen) atoms. The van der Waals surface area contributed by atoms with E-state index in [1.165, 1.54) is 23.5 Å². The minimum Gasteiger partial charge on any atom is -0.497 e. The van der Waals surface area contributed by atoms with Gasteiger partial charge in [0, 0.05) is 31.6 Å². The Morgan fingerprint density at radius 3 is 2.28 bits per heavy atom. The van der Waals surface area contributed by atoms with Gasteiger partial charge in [0.25, 0.3) is 0 Å². The lowest BCUT2D eigenvalue weighted by atomic mass is 9.97. The summed E-state index contributed by atoms with van der Waals surface area (Å²) >= 11 is 0. The first-order valence-electron chi connectivity index (χ1n) is 17.1. The van der Waals surface area contributed by atoms with Gasteiger partial charge in [-0.25, -0.2) is 13.2 Å². The van der Waals surface area contributed by atoms with Crippen LogP contribution in [0.1, 0.15) is 39.0 Å². The molecule has 1 aliphatic heterocycles. The molecule has 0 bridgehead atoms. The highest BCUT2D eigenvalue weighted by Gasteiger charge is 2.40. The molecule has 3 aromatic carbocycles. The summed E-state index contributed by atoms with van der Waals surface area (Å²) in [7, 11) is -2.49. The summed E-state index contributed by atoms with van der Waals surface area (Å²) in [6.45, 7) is 8.55. The number of hydrogen-bond donors (Lipinski definition) is 2. The van der Waals surface area contributed by atoms with Crippen molar-refractivity contribution in [3.63, 3.8) is 0 Å². The second-order valence-corrected chi connectivity index (χ2v) is 15.5. The van der Waals surface area contributed by atoms with Gasteiger partial charge in [0.1, 0.15) is 23.1 Å². The third-order valence-electron chi connectivity index (χ3n) is 8.93. The molecule has 1 fully saturated rings. The van der Waals surface area contributed by atoms with E-state index in [0.717, 1.165) is 16.5 Å². The average Bonchev–Trinajstić information content (AvgIpc) is 3.66. The van der Waals surface area contributed by atoms with E-state index in [1.54, 1.807) is 21.9 Å². The number of carbonyl (C=O) groups is 2. The molecule has 1 saturated heterocycles. The number of furan rings is 1. The zero-order valence-corrected chi connectivity index (χ0v) is 30.2. The lowest BCUT2D eigenvalue weighted by Gasteiger charge is -2.34. The van der Waals surface area contributed by atoms with Crippen molar-refractivity contribution in [1.29, 1.82) is 0 Å². The third kappa shape index (κ3) is 8.66. The number of para-hydroxylation sites is 1. The first kappa shape index (κ1) is 36.9. The zero-order valence-electron chi connectivity index (χ0n) is 29.4. The van der Waals surface area contributed by atoms with Crippen LogP contribution in [0.3, 0.4) is 0 Å². The van der Waals surface area contributed by atoms with E-state index in [4.69, 9.17) is 9.15 Å². The SMILES string of the molecule is COc1ccc(S(=O)(=O)N(CC(C)C)C[C@H](O)[C@H](Cc2ccccc2)NC(=O)[C@H](C(C)C)N2CCN(Cc3cc4ccccc4o3)C2=O)cc1. The van der Waals surface area contributed by atoms with Gasteiger partial charge in [-0.2, -0.15) is 4.31 Å². The number of rotatable bonds is 16. The van der Waals surface area contributed by atoms with E-state index in [-0.39, 0.29) is 48.8 Å². The van der Waals surface area contributed by atoms with E-state index in [0.29, 0.717) is 24.6 Å². The summed E-state index contributed by atoms with van der Waals surface area (Å²) in [5.74, 6) is 0.499. The van der Waals surface area contributed by atoms with Gasteiger partial charge in [-0.3, -0.25) is 4.79 Å². The summed E-state index contributed by atoms with van der Waals surface area (Å²) in [5, 5.41) is 15.7. The number of fused-ring (bicyclic) bond motifs is 1. The van der Waals surface area contributed by atoms with Gasteiger partial charge >= 0.3 is 6.03 Å². The Morgan fingerprint density at radius 2 is 1.64 bits per heavy atom. The minimum absolute atomic E-state index is 0.0357. The lowest BCUT2D eigenvalue weighted by molar-refractivity contribution is -0.128. The van der Waals surface area contributed by atoms with Crippen molar-refractivity contribution in [1.82, 2.24) is 19.4 Å². The molecule has 0 radical (unpaired) electrons. The smallest absolute Gasteiger partial charge is 0.321 e. The van der Waals surface area contributed by atoms with Gasteiger partial charge < -0.3 is 29.4 Å². The fourth-order valence-corrected chi connectivity index (χ4v) is 8.06. The Morgan fingerprint density at radius 1 is 0.960 bits per heavy atom. The number of carbonyl (C=O) groups excluding carboxylic acids is 2. The van der Waals surface area contributed by atoms with Gasteiger partial charge in [-0.15, -0.1) is 0 Å². The third-order valence-corrected chi connectivity index (χ3v) is 10.8. The number of nitrogens with zero attached hydrogens (tertiary/aromatic N) is 3. The number of benzene rings is 3. The van der Waals surface area contributed by atoms with Gasteiger partial charge in [-0.1, -0.05) is 76.2 Å². The number of nitrogens with one attached hydrogen (secondary N) is 1. The van der Waals surface area contributed by atoms with Crippen LogP contribution < -0.4 is 10.1 Å². The van der Waals surface area contributed by atoms with Crippen LogP contribution >= 0.6 is 0 Å². The molecule has 0 spiro atoms. The van der Waals surface area contributed by atoms with Crippen LogP contribution in [0, 0.1) is 11.8 Å². The Balaban J connectivity index is 1.35. The maximum atomic E-state index is 14.2. The van der Waals surface area contributed by atoms with Crippen molar-refractivity contribution in [3.8, 4) is 5.75 Å². The second kappa shape index (κ2) is 16.1. The molecule has 268 valence electrons. The van der Waals surface area contributed by atoms with E-state index in [9.17, 15) is 23.1 Å². The molecule has 2 heterocycles. The van der Waals surface area contributed by atoms with Crippen LogP contribution in [0.4, 0.5) is 4.79 Å². The topological polar surface area (TPSA) is 133 Å². The molecule has 1 aliphatic rings. The van der Waals surface area contributed by atoms with E-state index in [2.05, 4.69) is 5.32 Å². The summed E-state index contributed by atoms with van der Waals surface area (Å²) in [6.07, 6.45) is -1.01. The highest BCUT2D eigenvalue weighted by Crippen LogP contribution is 2.25. The number of aliphatic hydroxyl groups is 1. The monoisotopic (exact) mass is 704 g/mol. The summed E-state index contributed by atoms with van der Waals surface area (Å²) in [5.41, 5.74) is 1.61. The molecule has 0 aliphatic carbocycles. The van der Waals surface area contributed by atoms with E-state index in [1.807, 2.05) is 88.4 Å². The molecule has 4 aromatic rings. The highest BCUT2D eigenvalue weighted by molar-refractivity contribution is 7.89. The molecule has 3 atom stereocenters. The van der Waals surface area contributed by atoms with Gasteiger partial charge in [-0.05, 0) is 60.2 Å². The molecular formula is C38H48N4O7S. The molecule has 11 nitrogen and oxygen atoms in total. The van der Waals surface area contributed by atoms with Gasteiger partial charge in [0.05, 0.1) is 30.7 Å². The van der Waals surface area contributed by atoms with Crippen LogP contribution in [0.15, 0.2) is 94.2 Å². The van der Waals surface area contributed by atoms with Crippen LogP contribution in [0.2, 0.25) is 0 Å². The summed E-state index contributed by atoms with van der Waals surface area (Å²) in [6, 6.07) is 23.2. The highest BCUT2D eigenvalue weighted by atomic mass is 32.2. The molecule has 1 aromatic heterocycles. The van der Waals surface area contributed by atoms with Crippen LogP contribution in [0.5, 0.6) is 5.75 Å². The van der Waals surface area contributed by atoms with Crippen LogP contribution in [0.25, 0.3) is 11.0 Å². The molecule has 0 saturated carbocycles. The Kier molecular flexibility index (Phi) is 11.9.